The average Bonchev–Trinajstić information content (AvgIpc) is 3.31. The molecule has 0 radical (unpaired) electrons. The first-order chi connectivity index (χ1) is 32.6. The molecule has 388 valence electrons. The second-order valence-electron chi connectivity index (χ2n) is 16.8. The summed E-state index contributed by atoms with van der Waals surface area (Å²) in [4.78, 5) is 35.8. The molecule has 17 heteroatoms. The van der Waals surface area contributed by atoms with Gasteiger partial charge in [-0.1, -0.05) is 150 Å². The summed E-state index contributed by atoms with van der Waals surface area (Å²) < 4.78 is 33.3. The molecule has 68 heavy (non-hydrogen) atoms. The van der Waals surface area contributed by atoms with Crippen molar-refractivity contribution in [1.29, 1.82) is 0 Å². The number of allylic oxidation sites excluding steroid dienone is 14. The van der Waals surface area contributed by atoms with E-state index in [-0.39, 0.29) is 25.7 Å². The third kappa shape index (κ3) is 31.0. The molecule has 1 aliphatic rings. The van der Waals surface area contributed by atoms with Crippen LogP contribution in [0.15, 0.2) is 97.2 Å². The summed E-state index contributed by atoms with van der Waals surface area (Å²) in [5, 5.41) is 80.9. The number of carbonyl (C=O) groups excluding carboxylic acids is 2. The first-order valence-electron chi connectivity index (χ1n) is 24.4. The third-order valence-electron chi connectivity index (χ3n) is 10.8. The number of aliphatic hydroxyl groups excluding tert-OH is 8. The zero-order valence-electron chi connectivity index (χ0n) is 40.2. The van der Waals surface area contributed by atoms with Crippen molar-refractivity contribution in [2.45, 2.75) is 197 Å². The summed E-state index contributed by atoms with van der Waals surface area (Å²) in [7, 11) is -5.23. The van der Waals surface area contributed by atoms with E-state index in [1.54, 1.807) is 42.5 Å². The molecule has 1 aliphatic carbocycles. The molecule has 0 heterocycles. The van der Waals surface area contributed by atoms with Crippen molar-refractivity contribution in [2.24, 2.45) is 0 Å². The summed E-state index contributed by atoms with van der Waals surface area (Å²) in [6, 6.07) is 0. The van der Waals surface area contributed by atoms with Gasteiger partial charge in [0.1, 0.15) is 43.2 Å². The molecule has 0 aromatic carbocycles. The molecule has 16 nitrogen and oxygen atoms in total. The summed E-state index contributed by atoms with van der Waals surface area (Å²) >= 11 is 0. The van der Waals surface area contributed by atoms with Crippen LogP contribution in [0.2, 0.25) is 0 Å². The van der Waals surface area contributed by atoms with Gasteiger partial charge in [0, 0.05) is 12.8 Å². The van der Waals surface area contributed by atoms with Gasteiger partial charge in [-0.25, -0.2) is 4.57 Å². The zero-order chi connectivity index (χ0) is 50.4. The van der Waals surface area contributed by atoms with Crippen molar-refractivity contribution in [3.05, 3.63) is 97.2 Å². The standard InChI is InChI=1S/C51H83O16P/c1-3-5-7-8-9-10-11-12-13-14-15-16-17-18-19-20-21-26-30-36-44(55)64-38-41(39-65-68(62,63)67-51-49(60)47(58)46(57)48(59)50(51)61)66-45(56)37-31-35-43(54)42(53)34-29-25-23-22-24-28-33-40(52)32-27-6-4-2/h9-10,12-13,15-16,18-19,22-25,28-29,33-34,40-43,46-54,57-61H,3-8,11,14,17,20-21,26-27,30-32,35-39H2,1-2H3,(H,62,63)/b10-9-,13-12-,16-15-,19-18-,24-22-,25-23+,33-28+,34-29+/t40-,41+,42-,43-,46?,47-,48+,49+,50+,51?/m0/s1. The van der Waals surface area contributed by atoms with Crippen LogP contribution in [0.5, 0.6) is 0 Å². The Hall–Kier alpha value is -3.35. The van der Waals surface area contributed by atoms with E-state index in [0.717, 1.165) is 64.2 Å². The van der Waals surface area contributed by atoms with Crippen LogP contribution in [0.25, 0.3) is 0 Å². The number of phosphoric ester groups is 1. The maximum Gasteiger partial charge on any atom is 0.472 e. The fourth-order valence-electron chi connectivity index (χ4n) is 6.65. The largest absolute Gasteiger partial charge is 0.472 e. The highest BCUT2D eigenvalue weighted by atomic mass is 31.2. The van der Waals surface area contributed by atoms with Gasteiger partial charge in [-0.15, -0.1) is 0 Å². The molecule has 0 aliphatic heterocycles. The molecule has 1 fully saturated rings. The molecule has 1 rings (SSSR count). The highest BCUT2D eigenvalue weighted by molar-refractivity contribution is 7.47. The Morgan fingerprint density at radius 1 is 0.559 bits per heavy atom. The van der Waals surface area contributed by atoms with Crippen molar-refractivity contribution in [3.63, 3.8) is 0 Å². The predicted octanol–water partition coefficient (Wildman–Crippen LogP) is 6.75. The van der Waals surface area contributed by atoms with Crippen molar-refractivity contribution in [2.75, 3.05) is 13.2 Å². The predicted molar refractivity (Wildman–Crippen MR) is 262 cm³/mol. The van der Waals surface area contributed by atoms with Crippen LogP contribution in [0.4, 0.5) is 0 Å². The van der Waals surface area contributed by atoms with Crippen LogP contribution in [0, 0.1) is 0 Å². The van der Waals surface area contributed by atoms with Crippen LogP contribution in [-0.4, -0.2) is 132 Å². The smallest absolute Gasteiger partial charge is 0.462 e. The summed E-state index contributed by atoms with van der Waals surface area (Å²) in [6.45, 7) is 2.84. The van der Waals surface area contributed by atoms with Crippen molar-refractivity contribution < 1.29 is 78.4 Å². The van der Waals surface area contributed by atoms with E-state index >= 15 is 0 Å². The van der Waals surface area contributed by atoms with Crippen LogP contribution < -0.4 is 0 Å². The maximum absolute atomic E-state index is 12.8. The van der Waals surface area contributed by atoms with Gasteiger partial charge in [0.15, 0.2) is 6.10 Å². The van der Waals surface area contributed by atoms with E-state index in [2.05, 4.69) is 62.5 Å². The van der Waals surface area contributed by atoms with Crippen LogP contribution in [0.1, 0.15) is 136 Å². The van der Waals surface area contributed by atoms with E-state index in [9.17, 15) is 59.9 Å². The lowest BCUT2D eigenvalue weighted by Crippen LogP contribution is -2.64. The van der Waals surface area contributed by atoms with Gasteiger partial charge in [-0.05, 0) is 70.6 Å². The molecule has 3 unspecified atom stereocenters. The Morgan fingerprint density at radius 2 is 1.06 bits per heavy atom. The van der Waals surface area contributed by atoms with Gasteiger partial charge >= 0.3 is 19.8 Å². The van der Waals surface area contributed by atoms with Crippen LogP contribution in [0.3, 0.4) is 0 Å². The van der Waals surface area contributed by atoms with Crippen molar-refractivity contribution in [3.8, 4) is 0 Å². The Labute approximate surface area is 404 Å². The number of hydrogen-bond acceptors (Lipinski definition) is 15. The lowest BCUT2D eigenvalue weighted by Gasteiger charge is -2.41. The van der Waals surface area contributed by atoms with Gasteiger partial charge in [-0.3, -0.25) is 18.6 Å². The summed E-state index contributed by atoms with van der Waals surface area (Å²) in [6.07, 6.45) is 27.9. The van der Waals surface area contributed by atoms with E-state index in [0.29, 0.717) is 12.8 Å². The molecule has 0 spiro atoms. The molecular formula is C51H83O16P. The van der Waals surface area contributed by atoms with E-state index in [4.69, 9.17) is 18.5 Å². The van der Waals surface area contributed by atoms with E-state index in [1.165, 1.54) is 25.3 Å². The van der Waals surface area contributed by atoms with Gasteiger partial charge in [0.2, 0.25) is 0 Å². The molecule has 11 atom stereocenters. The molecule has 0 aromatic heterocycles. The molecule has 1 saturated carbocycles. The SMILES string of the molecule is CCCCC/C=C\C/C=C\C/C=C\C/C=C\CCCCCC(=O)OC[C@H](COP(=O)(O)OC1[C@H](O)[C@H](O)C(O)[C@H](O)[C@H]1O)OC(=O)CCC[C@H](O)[C@@H](O)/C=C/C=C/C=C\C=C\[C@@H](O)CCCCC. The van der Waals surface area contributed by atoms with Gasteiger partial charge in [-0.2, -0.15) is 0 Å². The number of carbonyl (C=O) groups is 2. The van der Waals surface area contributed by atoms with Gasteiger partial charge in [0.25, 0.3) is 0 Å². The molecule has 0 amide bonds. The quantitative estimate of drug-likeness (QED) is 0.0102. The zero-order valence-corrected chi connectivity index (χ0v) is 41.1. The first-order valence-corrected chi connectivity index (χ1v) is 25.9. The fourth-order valence-corrected chi connectivity index (χ4v) is 7.63. The van der Waals surface area contributed by atoms with Crippen molar-refractivity contribution >= 4 is 19.8 Å². The number of rotatable bonds is 38. The fraction of sp³-hybridized carbons (Fsp3) is 0.647. The Kier molecular flexibility index (Phi) is 36.3. The number of ether oxygens (including phenoxy) is 2. The Bertz CT molecular complexity index is 1610. The highest BCUT2D eigenvalue weighted by Gasteiger charge is 2.51. The Morgan fingerprint density at radius 3 is 1.65 bits per heavy atom. The minimum absolute atomic E-state index is 0.00765. The molecule has 0 bridgehead atoms. The number of esters is 2. The van der Waals surface area contributed by atoms with E-state index in [1.807, 2.05) is 0 Å². The van der Waals surface area contributed by atoms with E-state index < -0.39 is 94.0 Å². The number of hydrogen-bond donors (Lipinski definition) is 9. The molecular weight excluding hydrogens is 900 g/mol. The minimum Gasteiger partial charge on any atom is -0.462 e. The van der Waals surface area contributed by atoms with Crippen molar-refractivity contribution in [1.82, 2.24) is 0 Å². The first kappa shape index (κ1) is 62.7. The summed E-state index contributed by atoms with van der Waals surface area (Å²) in [5.74, 6) is -1.48. The minimum atomic E-state index is -5.23. The highest BCUT2D eigenvalue weighted by Crippen LogP contribution is 2.47. The average molecular weight is 983 g/mol. The number of phosphoric acid groups is 1. The van der Waals surface area contributed by atoms with Crippen LogP contribution >= 0.6 is 7.82 Å². The van der Waals surface area contributed by atoms with Gasteiger partial charge < -0.3 is 55.2 Å². The second kappa shape index (κ2) is 39.4. The van der Waals surface area contributed by atoms with Crippen LogP contribution in [-0.2, 0) is 32.7 Å². The molecule has 9 N–H and O–H groups in total. The number of unbranched alkanes of at least 4 members (excludes halogenated alkanes) is 8. The normalized spacial score (nSPS) is 23.3. The van der Waals surface area contributed by atoms with Gasteiger partial charge in [0.05, 0.1) is 24.9 Å². The topological polar surface area (TPSA) is 270 Å². The lowest BCUT2D eigenvalue weighted by atomic mass is 9.85. The maximum atomic E-state index is 12.8. The molecule has 0 saturated heterocycles. The lowest BCUT2D eigenvalue weighted by molar-refractivity contribution is -0.220. The molecule has 0 aromatic rings. The monoisotopic (exact) mass is 983 g/mol. The Balaban J connectivity index is 2.62. The number of aliphatic hydroxyl groups is 8. The third-order valence-corrected chi connectivity index (χ3v) is 11.7. The second-order valence-corrected chi connectivity index (χ2v) is 18.2. The summed E-state index contributed by atoms with van der Waals surface area (Å²) in [5.41, 5.74) is 0.